The molecule has 0 radical (unpaired) electrons. The Morgan fingerprint density at radius 2 is 1.72 bits per heavy atom. The van der Waals surface area contributed by atoms with Crippen molar-refractivity contribution >= 4 is 41.0 Å². The van der Waals surface area contributed by atoms with E-state index in [0.717, 1.165) is 50.6 Å². The van der Waals surface area contributed by atoms with E-state index >= 15 is 0 Å². The Morgan fingerprint density at radius 1 is 1.02 bits per heavy atom. The Balaban J connectivity index is 1.50. The summed E-state index contributed by atoms with van der Waals surface area (Å²) in [5.41, 5.74) is 1.03. The number of carbonyl (C=O) groups is 5. The van der Waals surface area contributed by atoms with Crippen molar-refractivity contribution in [2.75, 3.05) is 27.7 Å². The molecule has 2 aromatic rings. The normalized spacial score (nSPS) is 19.2. The van der Waals surface area contributed by atoms with E-state index in [4.69, 9.17) is 9.47 Å². The van der Waals surface area contributed by atoms with E-state index in [-0.39, 0.29) is 54.3 Å². The summed E-state index contributed by atoms with van der Waals surface area (Å²) in [6.45, 7) is 9.79. The van der Waals surface area contributed by atoms with Crippen molar-refractivity contribution in [2.45, 2.75) is 123 Å². The average Bonchev–Trinajstić information content (AvgIpc) is 3.59. The molecule has 6 atom stereocenters. The van der Waals surface area contributed by atoms with Crippen LogP contribution < -0.4 is 10.6 Å². The van der Waals surface area contributed by atoms with Gasteiger partial charge in [0, 0.05) is 56.7 Å². The van der Waals surface area contributed by atoms with E-state index in [2.05, 4.69) is 30.5 Å². The summed E-state index contributed by atoms with van der Waals surface area (Å²) >= 11 is 1.19. The summed E-state index contributed by atoms with van der Waals surface area (Å²) in [7, 11) is 5.03. The van der Waals surface area contributed by atoms with Crippen LogP contribution in [0.25, 0.3) is 0 Å². The number of aromatic nitrogens is 3. The highest BCUT2D eigenvalue weighted by molar-refractivity contribution is 7.09. The maximum Gasteiger partial charge on any atom is 0.308 e. The highest BCUT2D eigenvalue weighted by Crippen LogP contribution is 2.34. The Hall–Kier alpha value is -3.98. The molecule has 3 amide bonds. The number of methoxy groups -OCH3 is 1. The lowest BCUT2D eigenvalue weighted by Crippen LogP contribution is -2.59. The SMILES string of the molecule is COC(=O)[C@@H](C)C[C@H](Cc1ncc(C)cn1)NC(=O)c1csc([C@@H](C[C@H](C(C)C)N(C)C(=O)[C@@H](NC(=O)[C@H]2CCCCN2C)C2CCC2)OC(C)=O)n1. The van der Waals surface area contributed by atoms with Gasteiger partial charge in [-0.1, -0.05) is 33.6 Å². The number of esters is 2. The van der Waals surface area contributed by atoms with Gasteiger partial charge in [0.25, 0.3) is 5.91 Å². The second-order valence-corrected chi connectivity index (χ2v) is 15.9. The lowest BCUT2D eigenvalue weighted by Gasteiger charge is -2.41. The van der Waals surface area contributed by atoms with E-state index < -0.39 is 42.0 Å². The first-order chi connectivity index (χ1) is 25.2. The first-order valence-corrected chi connectivity index (χ1v) is 19.6. The van der Waals surface area contributed by atoms with Crippen molar-refractivity contribution in [3.63, 3.8) is 0 Å². The van der Waals surface area contributed by atoms with Crippen molar-refractivity contribution in [2.24, 2.45) is 17.8 Å². The Morgan fingerprint density at radius 3 is 2.30 bits per heavy atom. The molecule has 2 N–H and O–H groups in total. The molecule has 2 aromatic heterocycles. The molecule has 15 heteroatoms. The third kappa shape index (κ3) is 11.5. The predicted molar refractivity (Wildman–Crippen MR) is 200 cm³/mol. The van der Waals surface area contributed by atoms with Crippen LogP contribution in [0.2, 0.25) is 0 Å². The fourth-order valence-electron chi connectivity index (χ4n) is 7.15. The summed E-state index contributed by atoms with van der Waals surface area (Å²) in [6, 6.07) is -1.76. The van der Waals surface area contributed by atoms with Gasteiger partial charge in [0.05, 0.1) is 19.1 Å². The molecule has 292 valence electrons. The first-order valence-electron chi connectivity index (χ1n) is 18.7. The van der Waals surface area contributed by atoms with Crippen LogP contribution in [0.4, 0.5) is 0 Å². The molecule has 0 unspecified atom stereocenters. The van der Waals surface area contributed by atoms with Gasteiger partial charge in [0.1, 0.15) is 22.6 Å². The van der Waals surface area contributed by atoms with Gasteiger partial charge in [0.15, 0.2) is 6.10 Å². The highest BCUT2D eigenvalue weighted by atomic mass is 32.1. The van der Waals surface area contributed by atoms with Gasteiger partial charge in [0.2, 0.25) is 11.8 Å². The topological polar surface area (TPSA) is 173 Å². The fraction of sp³-hybridized carbons (Fsp3) is 0.684. The summed E-state index contributed by atoms with van der Waals surface area (Å²) in [6.07, 6.45) is 8.96. The predicted octanol–water partition coefficient (Wildman–Crippen LogP) is 4.03. The zero-order chi connectivity index (χ0) is 38.8. The van der Waals surface area contributed by atoms with Crippen LogP contribution in [-0.2, 0) is 35.1 Å². The molecule has 14 nitrogen and oxygen atoms in total. The summed E-state index contributed by atoms with van der Waals surface area (Å²) in [4.78, 5) is 83.0. The summed E-state index contributed by atoms with van der Waals surface area (Å²) in [5, 5.41) is 8.15. The van der Waals surface area contributed by atoms with E-state index in [1.54, 1.807) is 36.6 Å². The molecule has 53 heavy (non-hydrogen) atoms. The molecule has 1 aliphatic carbocycles. The molecule has 3 heterocycles. The van der Waals surface area contributed by atoms with Gasteiger partial charge in [-0.05, 0) is 70.0 Å². The average molecular weight is 756 g/mol. The molecular formula is C38H57N7O7S. The van der Waals surface area contributed by atoms with E-state index in [9.17, 15) is 24.0 Å². The molecule has 1 saturated heterocycles. The van der Waals surface area contributed by atoms with Gasteiger partial charge in [-0.25, -0.2) is 15.0 Å². The summed E-state index contributed by atoms with van der Waals surface area (Å²) in [5.74, 6) is -1.57. The number of hydrogen-bond donors (Lipinski definition) is 2. The number of amides is 3. The molecule has 0 bridgehead atoms. The standard InChI is InChI=1S/C38H57N7O7S/c1-22(2)30(45(7)37(49)33(26-12-11-13-26)43-35(48)29-14-9-10-15-44(29)6)18-31(52-25(5)46)36-42-28(21-53-36)34(47)41-27(16-24(4)38(50)51-8)17-32-39-19-23(3)20-40-32/h19-22,24,26-27,29-31,33H,9-18H2,1-8H3,(H,41,47)(H,43,48)/t24-,27+,29+,30+,31+,33-/m0/s1. The molecule has 0 aromatic carbocycles. The number of thiazole rings is 1. The van der Waals surface area contributed by atoms with Crippen LogP contribution in [-0.4, -0.2) is 106 Å². The number of ether oxygens (including phenoxy) is 2. The second kappa shape index (κ2) is 19.4. The number of rotatable bonds is 17. The van der Waals surface area contributed by atoms with Crippen molar-refractivity contribution in [1.29, 1.82) is 0 Å². The highest BCUT2D eigenvalue weighted by Gasteiger charge is 2.40. The number of aryl methyl sites for hydroxylation is 1. The number of nitrogens with zero attached hydrogens (tertiary/aromatic N) is 5. The van der Waals surface area contributed by atoms with E-state index in [1.165, 1.54) is 25.4 Å². The second-order valence-electron chi connectivity index (χ2n) is 15.0. The molecule has 1 aliphatic heterocycles. The Bertz CT molecular complexity index is 1560. The van der Waals surface area contributed by atoms with Crippen LogP contribution in [0.5, 0.6) is 0 Å². The lowest BCUT2D eigenvalue weighted by molar-refractivity contribution is -0.149. The van der Waals surface area contributed by atoms with Crippen molar-refractivity contribution in [3.8, 4) is 0 Å². The van der Waals surface area contributed by atoms with Gasteiger partial charge in [-0.15, -0.1) is 11.3 Å². The number of carbonyl (C=O) groups excluding carboxylic acids is 5. The van der Waals surface area contributed by atoms with Crippen LogP contribution >= 0.6 is 11.3 Å². The third-order valence-corrected chi connectivity index (χ3v) is 11.4. The number of nitrogens with one attached hydrogen (secondary N) is 2. The zero-order valence-electron chi connectivity index (χ0n) is 32.4. The summed E-state index contributed by atoms with van der Waals surface area (Å²) < 4.78 is 10.7. The van der Waals surface area contributed by atoms with E-state index in [0.29, 0.717) is 17.3 Å². The van der Waals surface area contributed by atoms with E-state index in [1.807, 2.05) is 27.8 Å². The van der Waals surface area contributed by atoms with Crippen molar-refractivity contribution in [1.82, 2.24) is 35.4 Å². The van der Waals surface area contributed by atoms with Crippen LogP contribution in [0.15, 0.2) is 17.8 Å². The number of hydrogen-bond acceptors (Lipinski definition) is 12. The maximum absolute atomic E-state index is 14.2. The number of likely N-dealkylation sites (N-methyl/N-ethyl adjacent to an activating group) is 2. The molecule has 0 spiro atoms. The zero-order valence-corrected chi connectivity index (χ0v) is 33.2. The van der Waals surface area contributed by atoms with Crippen LogP contribution in [0.1, 0.15) is 112 Å². The molecule has 2 aliphatic rings. The van der Waals surface area contributed by atoms with Crippen LogP contribution in [0.3, 0.4) is 0 Å². The largest absolute Gasteiger partial charge is 0.469 e. The minimum absolute atomic E-state index is 0.0338. The van der Waals surface area contributed by atoms with Gasteiger partial charge >= 0.3 is 11.9 Å². The van der Waals surface area contributed by atoms with Gasteiger partial charge < -0.3 is 25.0 Å². The lowest BCUT2D eigenvalue weighted by atomic mass is 9.78. The fourth-order valence-corrected chi connectivity index (χ4v) is 7.99. The van der Waals surface area contributed by atoms with Crippen molar-refractivity contribution < 1.29 is 33.4 Å². The minimum atomic E-state index is -0.828. The Kier molecular flexibility index (Phi) is 15.3. The smallest absolute Gasteiger partial charge is 0.308 e. The van der Waals surface area contributed by atoms with Crippen LogP contribution in [0, 0.1) is 24.7 Å². The van der Waals surface area contributed by atoms with Gasteiger partial charge in [-0.3, -0.25) is 28.9 Å². The number of likely N-dealkylation sites (tertiary alicyclic amines) is 1. The molecular weight excluding hydrogens is 699 g/mol. The molecule has 4 rings (SSSR count). The third-order valence-electron chi connectivity index (χ3n) is 10.5. The van der Waals surface area contributed by atoms with Gasteiger partial charge in [-0.2, -0.15) is 0 Å². The number of piperidine rings is 1. The monoisotopic (exact) mass is 755 g/mol. The van der Waals surface area contributed by atoms with Crippen molar-refractivity contribution in [3.05, 3.63) is 39.9 Å². The first kappa shape index (κ1) is 41.8. The molecule has 1 saturated carbocycles. The minimum Gasteiger partial charge on any atom is -0.469 e. The quantitative estimate of drug-likeness (QED) is 0.223. The maximum atomic E-state index is 14.2. The Labute approximate surface area is 317 Å². The molecule has 2 fully saturated rings.